The molecule has 8 aromatic rings. The number of piperidine rings is 3. The molecule has 6 unspecified atom stereocenters. The van der Waals surface area contributed by atoms with Crippen molar-refractivity contribution in [3.8, 4) is 0 Å². The first-order valence-corrected chi connectivity index (χ1v) is 56.6. The van der Waals surface area contributed by atoms with E-state index in [0.29, 0.717) is 31.3 Å². The molecule has 21 nitrogen and oxygen atoms in total. The van der Waals surface area contributed by atoms with Crippen molar-refractivity contribution in [2.75, 3.05) is 133 Å². The number of amides is 2. The van der Waals surface area contributed by atoms with Crippen LogP contribution in [0.2, 0.25) is 0 Å². The third kappa shape index (κ3) is 45.3. The van der Waals surface area contributed by atoms with E-state index in [-0.39, 0.29) is 79.4 Å². The predicted molar refractivity (Wildman–Crippen MR) is 607 cm³/mol. The summed E-state index contributed by atoms with van der Waals surface area (Å²) in [5.41, 5.74) is 21.9. The van der Waals surface area contributed by atoms with Crippen molar-refractivity contribution in [1.82, 2.24) is 59.5 Å². The Balaban J connectivity index is 0.000000190. The molecule has 0 spiro atoms. The molecule has 0 N–H and O–H groups in total. The van der Waals surface area contributed by atoms with Gasteiger partial charge in [-0.1, -0.05) is 240 Å². The highest BCUT2D eigenvalue weighted by atomic mass is 19.1. The molecule has 7 aliphatic heterocycles. The molecule has 6 atom stereocenters. The quantitative estimate of drug-likeness (QED) is 0.0514. The molecule has 0 bridgehead atoms. The van der Waals surface area contributed by atoms with Crippen LogP contribution >= 0.6 is 0 Å². The fourth-order valence-corrected chi connectivity index (χ4v) is 19.9. The van der Waals surface area contributed by atoms with E-state index in [1.807, 2.05) is 117 Å². The molecule has 0 aromatic carbocycles. The second kappa shape index (κ2) is 60.0. The third-order valence-electron chi connectivity index (χ3n) is 30.2. The lowest BCUT2D eigenvalue weighted by molar-refractivity contribution is -0.130. The average Bonchev–Trinajstić information content (AvgIpc) is 1.79. The van der Waals surface area contributed by atoms with E-state index in [0.717, 1.165) is 193 Å². The van der Waals surface area contributed by atoms with Crippen molar-refractivity contribution < 1.29 is 47.1 Å². The molecule has 8 aliphatic rings. The molecule has 826 valence electrons. The van der Waals surface area contributed by atoms with Gasteiger partial charge in [-0.25, -0.2) is 4.39 Å². The number of aryl methyl sites for hydroxylation is 3. The maximum atomic E-state index is 14.1. The zero-order valence-corrected chi connectivity index (χ0v) is 97.8. The Morgan fingerprint density at radius 3 is 1.13 bits per heavy atom. The van der Waals surface area contributed by atoms with Gasteiger partial charge in [0.1, 0.15) is 6.17 Å². The van der Waals surface area contributed by atoms with Crippen LogP contribution in [-0.2, 0) is 138 Å². The van der Waals surface area contributed by atoms with Crippen LogP contribution in [0, 0.1) is 29.6 Å². The SMILES string of the molecule is CC(=O)N1CCC(Cc2cncc(C(C)(C)C)c2)CC1.CC(C)(C)c1cncc(CC2CCN(CC3COCCO3)CC2)c1.CC(C)(C)c1cncc(CCC2CCCC2)c1.CC(C)(C)c1cncc(CCC2COCCO2)c1.CC(C)(C)c1cncc(CN2CCCC2=O)c1.CCOC1COCC1Cc1cncc(C(C)(C)C)c1.CN1CCC(Cc2cncc(C(C)(C)C)c2)C(F)C1.COCCCc1cncc(C(C)(C)C)c1. The minimum atomic E-state index is -0.711. The maximum absolute atomic E-state index is 14.1. The normalized spacial score (nSPS) is 20.1. The van der Waals surface area contributed by atoms with Crippen molar-refractivity contribution in [3.05, 3.63) is 237 Å². The molecule has 0 radical (unpaired) electrons. The van der Waals surface area contributed by atoms with Crippen molar-refractivity contribution in [1.29, 1.82) is 0 Å². The van der Waals surface area contributed by atoms with E-state index in [2.05, 4.69) is 271 Å². The van der Waals surface area contributed by atoms with Crippen molar-refractivity contribution in [2.45, 2.75) is 389 Å². The van der Waals surface area contributed by atoms with Crippen molar-refractivity contribution >= 4 is 11.8 Å². The Labute approximate surface area is 901 Å². The largest absolute Gasteiger partial charge is 0.385 e. The van der Waals surface area contributed by atoms with Crippen LogP contribution in [0.15, 0.2) is 148 Å². The number of alkyl halides is 1. The van der Waals surface area contributed by atoms with Gasteiger partial charge < -0.3 is 52.8 Å². The summed E-state index contributed by atoms with van der Waals surface area (Å²) in [5, 5.41) is 0. The average molecular weight is 2060 g/mol. The van der Waals surface area contributed by atoms with E-state index in [1.54, 1.807) is 14.0 Å². The van der Waals surface area contributed by atoms with Gasteiger partial charge in [0, 0.05) is 178 Å². The summed E-state index contributed by atoms with van der Waals surface area (Å²) in [6.45, 7) is 72.8. The Kier molecular flexibility index (Phi) is 50.0. The Morgan fingerprint density at radius 2 is 0.758 bits per heavy atom. The second-order valence-corrected chi connectivity index (χ2v) is 51.7. The molecule has 16 rings (SSSR count). The van der Waals surface area contributed by atoms with E-state index in [4.69, 9.17) is 33.2 Å². The number of methoxy groups -OCH3 is 1. The highest BCUT2D eigenvalue weighted by Crippen LogP contribution is 2.36. The summed E-state index contributed by atoms with van der Waals surface area (Å²) < 4.78 is 52.7. The molecular weight excluding hydrogens is 1860 g/mol. The van der Waals surface area contributed by atoms with E-state index < -0.39 is 6.17 Å². The molecule has 1 aliphatic carbocycles. The number of pyridine rings is 8. The molecule has 15 heterocycles. The number of hydrogen-bond donors (Lipinski definition) is 0. The standard InChI is InChI=1S/C20H32N2O2.C17H26N2O.C16H25FN2.C16H25NO2.C16H25N.C15H23NO2.C14H20N2O.C13H21NO/c1-20(2,3)18-11-17(12-21-13-18)10-16-4-6-22(7-5-16)14-19-15-23-8-9-24-19;1-13(20)19-7-5-14(6-8-19)9-15-10-16(12-18-11-15)17(2,3)4;1-16(2,3)14-8-12(9-18-10-14)7-13-5-6-19(4)11-15(13)17;1-5-19-15-11-18-10-13(15)6-12-7-14(9-17-8-12)16(2,3)4;1-16(2,3)15-10-14(11-17-12-15)9-8-13-6-4-5-7-13;1-15(2,3)13-8-12(9-16-10-13)4-5-14-11-17-6-7-18-14;1-14(2,3)12-7-11(8-15-9-12)10-16-6-4-5-13(16)17;1-13(2,3)12-8-11(9-14-10-12)6-5-7-15-4/h11-13,16,19H,4-10,14-15H2,1-3H3;10-12,14H,5-9H2,1-4H3;8-10,13,15H,5-7,11H2,1-4H3;7-9,13,15H,5-6,10-11H2,1-4H3;10-13H,4-9H2,1-3H3;8-10,14H,4-7,11H2,1-3H3;7-9H,4-6,10H2,1-3H3;8-10H,5-7H2,1-4H3. The Hall–Kier alpha value is -8.29. The van der Waals surface area contributed by atoms with Crippen LogP contribution < -0.4 is 0 Å². The van der Waals surface area contributed by atoms with Crippen molar-refractivity contribution in [3.63, 3.8) is 0 Å². The molecule has 149 heavy (non-hydrogen) atoms. The van der Waals surface area contributed by atoms with Gasteiger partial charge in [-0.3, -0.25) is 49.5 Å². The third-order valence-corrected chi connectivity index (χ3v) is 30.2. The lowest BCUT2D eigenvalue weighted by atomic mass is 9.85. The zero-order chi connectivity index (χ0) is 109. The Morgan fingerprint density at radius 1 is 0.389 bits per heavy atom. The monoisotopic (exact) mass is 2050 g/mol. The first-order chi connectivity index (χ1) is 70.3. The molecule has 2 amide bonds. The van der Waals surface area contributed by atoms with Gasteiger partial charge in [0.2, 0.25) is 11.8 Å². The molecule has 7 saturated heterocycles. The number of likely N-dealkylation sites (tertiary alicyclic amines) is 4. The summed E-state index contributed by atoms with van der Waals surface area (Å²) in [4.78, 5) is 66.3. The number of halogens is 1. The summed E-state index contributed by atoms with van der Waals surface area (Å²) >= 11 is 0. The van der Waals surface area contributed by atoms with Gasteiger partial charge in [-0.05, 0) is 292 Å². The van der Waals surface area contributed by atoms with Crippen LogP contribution in [0.1, 0.15) is 359 Å². The lowest BCUT2D eigenvalue weighted by Crippen LogP contribution is -2.43. The van der Waals surface area contributed by atoms with Gasteiger partial charge in [-0.15, -0.1) is 0 Å². The number of carbonyl (C=O) groups is 2. The number of hydrogen-bond acceptors (Lipinski definition) is 19. The smallest absolute Gasteiger partial charge is 0.222 e. The first-order valence-electron chi connectivity index (χ1n) is 56.6. The van der Waals surface area contributed by atoms with Crippen LogP contribution in [0.3, 0.4) is 0 Å². The highest BCUT2D eigenvalue weighted by Gasteiger charge is 2.34. The minimum absolute atomic E-state index is 0.102. The van der Waals surface area contributed by atoms with Crippen molar-refractivity contribution in [2.24, 2.45) is 29.6 Å². The molecule has 8 fully saturated rings. The number of rotatable bonds is 24. The van der Waals surface area contributed by atoms with Gasteiger partial charge in [0.15, 0.2) is 0 Å². The minimum Gasteiger partial charge on any atom is -0.385 e. The molecule has 22 heteroatoms. The second-order valence-electron chi connectivity index (χ2n) is 51.7. The zero-order valence-electron chi connectivity index (χ0n) is 97.8. The molecular formula is C127H197FN12O9. The predicted octanol–water partition coefficient (Wildman–Crippen LogP) is 25.1. The number of nitrogens with zero attached hydrogens (tertiary/aromatic N) is 12. The highest BCUT2D eigenvalue weighted by molar-refractivity contribution is 5.78. The first kappa shape index (κ1) is 124. The number of ether oxygens (including phenoxy) is 7. The van der Waals surface area contributed by atoms with E-state index in [1.165, 1.54) is 148 Å². The fraction of sp³-hybridized carbons (Fsp3) is 0.669. The van der Waals surface area contributed by atoms with E-state index >= 15 is 0 Å². The lowest BCUT2D eigenvalue weighted by Gasteiger charge is -2.35. The van der Waals surface area contributed by atoms with Crippen LogP contribution in [0.4, 0.5) is 4.39 Å². The Bertz CT molecular complexity index is 5140. The van der Waals surface area contributed by atoms with E-state index in [9.17, 15) is 14.0 Å². The summed E-state index contributed by atoms with van der Waals surface area (Å²) in [5.74, 6) is 3.52. The van der Waals surface area contributed by atoms with Gasteiger partial charge in [0.25, 0.3) is 0 Å². The summed E-state index contributed by atoms with van der Waals surface area (Å²) in [6.07, 6.45) is 55.4. The van der Waals surface area contributed by atoms with Gasteiger partial charge in [-0.2, -0.15) is 0 Å². The molecule has 8 aromatic heterocycles. The summed E-state index contributed by atoms with van der Waals surface area (Å²) in [7, 11) is 3.73. The van der Waals surface area contributed by atoms with Gasteiger partial charge in [0.05, 0.1) is 71.2 Å². The van der Waals surface area contributed by atoms with Crippen LogP contribution in [-0.4, -0.2) is 228 Å². The summed E-state index contributed by atoms with van der Waals surface area (Å²) in [6, 6.07) is 18.1. The van der Waals surface area contributed by atoms with Crippen LogP contribution in [0.25, 0.3) is 0 Å². The molecule has 1 saturated carbocycles. The van der Waals surface area contributed by atoms with Crippen LogP contribution in [0.5, 0.6) is 0 Å². The fourth-order valence-electron chi connectivity index (χ4n) is 19.9. The number of aromatic nitrogens is 8. The number of carbonyl (C=O) groups excluding carboxylic acids is 2. The topological polar surface area (TPSA) is 215 Å². The van der Waals surface area contributed by atoms with Gasteiger partial charge >= 0.3 is 0 Å². The maximum Gasteiger partial charge on any atom is 0.222 e.